The van der Waals surface area contributed by atoms with Crippen molar-refractivity contribution in [1.82, 2.24) is 4.90 Å². The molecule has 1 heterocycles. The molecule has 1 amide bonds. The van der Waals surface area contributed by atoms with Crippen LogP contribution in [0.15, 0.2) is 24.3 Å². The second kappa shape index (κ2) is 5.52. The number of halogens is 1. The van der Waals surface area contributed by atoms with Crippen LogP contribution in [0.2, 0.25) is 5.02 Å². The lowest BCUT2D eigenvalue weighted by molar-refractivity contribution is 0.0620. The normalized spacial score (nSPS) is 20.4. The maximum atomic E-state index is 12.2. The zero-order valence-corrected chi connectivity index (χ0v) is 10.4. The van der Waals surface area contributed by atoms with Gasteiger partial charge in [0, 0.05) is 30.3 Å². The van der Waals surface area contributed by atoms with E-state index in [1.54, 1.807) is 29.2 Å². The van der Waals surface area contributed by atoms with Crippen LogP contribution in [-0.4, -0.2) is 35.6 Å². The van der Waals surface area contributed by atoms with Crippen molar-refractivity contribution >= 4 is 17.5 Å². The molecule has 0 spiro atoms. The predicted octanol–water partition coefficient (Wildman–Crippen LogP) is 2.18. The van der Waals surface area contributed by atoms with Crippen LogP contribution >= 0.6 is 11.6 Å². The molecule has 1 aliphatic rings. The highest BCUT2D eigenvalue weighted by atomic mass is 35.5. The number of carbonyl (C=O) groups excluding carboxylic acids is 1. The summed E-state index contributed by atoms with van der Waals surface area (Å²) in [5, 5.41) is 9.72. The molecule has 0 aliphatic carbocycles. The van der Waals surface area contributed by atoms with Gasteiger partial charge in [-0.25, -0.2) is 0 Å². The van der Waals surface area contributed by atoms with E-state index in [1.807, 2.05) is 0 Å². The highest BCUT2D eigenvalue weighted by Crippen LogP contribution is 2.19. The van der Waals surface area contributed by atoms with Crippen LogP contribution in [0.4, 0.5) is 0 Å². The third-order valence-electron chi connectivity index (χ3n) is 3.14. The maximum absolute atomic E-state index is 12.2. The van der Waals surface area contributed by atoms with Gasteiger partial charge in [0.1, 0.15) is 0 Å². The molecule has 1 N–H and O–H groups in total. The Morgan fingerprint density at radius 3 is 3.06 bits per heavy atom. The molecule has 0 bridgehead atoms. The molecule has 3 nitrogen and oxygen atoms in total. The molecule has 17 heavy (non-hydrogen) atoms. The number of nitrogens with zero attached hydrogens (tertiary/aromatic N) is 1. The first kappa shape index (κ1) is 12.4. The summed E-state index contributed by atoms with van der Waals surface area (Å²) in [5.74, 6) is 0.220. The monoisotopic (exact) mass is 253 g/mol. The van der Waals surface area contributed by atoms with Crippen molar-refractivity contribution in [3.05, 3.63) is 34.9 Å². The summed E-state index contributed by atoms with van der Waals surface area (Å²) in [7, 11) is 0. The summed E-state index contributed by atoms with van der Waals surface area (Å²) in [6, 6.07) is 7.00. The van der Waals surface area contributed by atoms with Crippen molar-refractivity contribution in [2.24, 2.45) is 5.92 Å². The van der Waals surface area contributed by atoms with E-state index in [2.05, 4.69) is 0 Å². The second-order valence-electron chi connectivity index (χ2n) is 4.45. The number of carbonyl (C=O) groups is 1. The first-order valence-corrected chi connectivity index (χ1v) is 6.24. The van der Waals surface area contributed by atoms with Gasteiger partial charge in [-0.2, -0.15) is 0 Å². The van der Waals surface area contributed by atoms with Crippen LogP contribution in [0.25, 0.3) is 0 Å². The van der Waals surface area contributed by atoms with Crippen LogP contribution in [0.3, 0.4) is 0 Å². The fraction of sp³-hybridized carbons (Fsp3) is 0.462. The van der Waals surface area contributed by atoms with Gasteiger partial charge >= 0.3 is 0 Å². The quantitative estimate of drug-likeness (QED) is 0.878. The largest absolute Gasteiger partial charge is 0.396 e. The number of likely N-dealkylation sites (tertiary alicyclic amines) is 1. The standard InChI is InChI=1S/C13H16ClNO2/c14-12-5-1-4-11(7-12)13(17)15-6-2-3-10(8-15)9-16/h1,4-5,7,10,16H,2-3,6,8-9H2/t10-/m1/s1. The molecule has 1 atom stereocenters. The lowest BCUT2D eigenvalue weighted by Gasteiger charge is -2.31. The van der Waals surface area contributed by atoms with E-state index in [4.69, 9.17) is 16.7 Å². The molecule has 1 aromatic rings. The second-order valence-corrected chi connectivity index (χ2v) is 4.89. The van der Waals surface area contributed by atoms with Gasteiger partial charge in [-0.1, -0.05) is 17.7 Å². The van der Waals surface area contributed by atoms with E-state index in [9.17, 15) is 4.79 Å². The van der Waals surface area contributed by atoms with Gasteiger partial charge in [0.2, 0.25) is 0 Å². The third-order valence-corrected chi connectivity index (χ3v) is 3.37. The summed E-state index contributed by atoms with van der Waals surface area (Å²) in [4.78, 5) is 14.0. The van der Waals surface area contributed by atoms with Crippen molar-refractivity contribution in [3.8, 4) is 0 Å². The Hall–Kier alpha value is -1.06. The zero-order chi connectivity index (χ0) is 12.3. The van der Waals surface area contributed by atoms with Crippen molar-refractivity contribution in [2.75, 3.05) is 19.7 Å². The maximum Gasteiger partial charge on any atom is 0.253 e. The minimum atomic E-state index is 0.00523. The molecule has 2 rings (SSSR count). The molecular weight excluding hydrogens is 238 g/mol. The third kappa shape index (κ3) is 2.99. The number of aliphatic hydroxyl groups excluding tert-OH is 1. The molecule has 92 valence electrons. The number of hydrogen-bond donors (Lipinski definition) is 1. The average Bonchev–Trinajstić information content (AvgIpc) is 2.38. The van der Waals surface area contributed by atoms with Gasteiger partial charge in [-0.15, -0.1) is 0 Å². The number of benzene rings is 1. The van der Waals surface area contributed by atoms with Gasteiger partial charge in [0.05, 0.1) is 0 Å². The van der Waals surface area contributed by atoms with E-state index in [-0.39, 0.29) is 18.4 Å². The Balaban J connectivity index is 2.09. The summed E-state index contributed by atoms with van der Waals surface area (Å²) >= 11 is 5.87. The molecule has 1 aromatic carbocycles. The highest BCUT2D eigenvalue weighted by molar-refractivity contribution is 6.30. The van der Waals surface area contributed by atoms with Crippen molar-refractivity contribution in [1.29, 1.82) is 0 Å². The van der Waals surface area contributed by atoms with E-state index >= 15 is 0 Å². The average molecular weight is 254 g/mol. The van der Waals surface area contributed by atoms with Gasteiger partial charge in [0.15, 0.2) is 0 Å². The van der Waals surface area contributed by atoms with E-state index in [0.717, 1.165) is 19.4 Å². The lowest BCUT2D eigenvalue weighted by Crippen LogP contribution is -2.40. The molecular formula is C13H16ClNO2. The number of rotatable bonds is 2. The smallest absolute Gasteiger partial charge is 0.253 e. The van der Waals surface area contributed by atoms with Gasteiger partial charge < -0.3 is 10.0 Å². The first-order valence-electron chi connectivity index (χ1n) is 5.86. The summed E-state index contributed by atoms with van der Waals surface area (Å²) in [6.07, 6.45) is 1.95. The molecule has 1 aliphatic heterocycles. The van der Waals surface area contributed by atoms with Crippen LogP contribution in [-0.2, 0) is 0 Å². The molecule has 0 radical (unpaired) electrons. The van der Waals surface area contributed by atoms with E-state index in [1.165, 1.54) is 0 Å². The summed E-state index contributed by atoms with van der Waals surface area (Å²) in [5.41, 5.74) is 0.621. The Morgan fingerprint density at radius 2 is 2.35 bits per heavy atom. The van der Waals surface area contributed by atoms with Crippen LogP contribution in [0.1, 0.15) is 23.2 Å². The minimum absolute atomic E-state index is 0.00523. The molecule has 4 heteroatoms. The number of aliphatic hydroxyl groups is 1. The van der Waals surface area contributed by atoms with Crippen molar-refractivity contribution < 1.29 is 9.90 Å². The highest BCUT2D eigenvalue weighted by Gasteiger charge is 2.23. The number of piperidine rings is 1. The van der Waals surface area contributed by atoms with E-state index in [0.29, 0.717) is 17.1 Å². The van der Waals surface area contributed by atoms with Crippen molar-refractivity contribution in [3.63, 3.8) is 0 Å². The SMILES string of the molecule is O=C(c1cccc(Cl)c1)N1CCC[C@@H](CO)C1. The summed E-state index contributed by atoms with van der Waals surface area (Å²) < 4.78 is 0. The van der Waals surface area contributed by atoms with Crippen LogP contribution in [0.5, 0.6) is 0 Å². The Labute approximate surface area is 106 Å². The topological polar surface area (TPSA) is 40.5 Å². The van der Waals surface area contributed by atoms with Crippen molar-refractivity contribution in [2.45, 2.75) is 12.8 Å². The predicted molar refractivity (Wildman–Crippen MR) is 67.2 cm³/mol. The molecule has 0 unspecified atom stereocenters. The molecule has 1 saturated heterocycles. The first-order chi connectivity index (χ1) is 8.20. The summed E-state index contributed by atoms with van der Waals surface area (Å²) in [6.45, 7) is 1.56. The van der Waals surface area contributed by atoms with Gasteiger partial charge in [-0.3, -0.25) is 4.79 Å². The Bertz CT molecular complexity index is 408. The number of amides is 1. The Kier molecular flexibility index (Phi) is 4.02. The van der Waals surface area contributed by atoms with Crippen LogP contribution < -0.4 is 0 Å². The molecule has 0 saturated carbocycles. The Morgan fingerprint density at radius 1 is 1.53 bits per heavy atom. The molecule has 0 aromatic heterocycles. The minimum Gasteiger partial charge on any atom is -0.396 e. The zero-order valence-electron chi connectivity index (χ0n) is 9.60. The lowest BCUT2D eigenvalue weighted by atomic mass is 9.98. The van der Waals surface area contributed by atoms with Crippen LogP contribution in [0, 0.1) is 5.92 Å². The van der Waals surface area contributed by atoms with Gasteiger partial charge in [-0.05, 0) is 37.0 Å². The fourth-order valence-corrected chi connectivity index (χ4v) is 2.39. The van der Waals surface area contributed by atoms with E-state index < -0.39 is 0 Å². The molecule has 1 fully saturated rings. The number of hydrogen-bond acceptors (Lipinski definition) is 2. The fourth-order valence-electron chi connectivity index (χ4n) is 2.20. The van der Waals surface area contributed by atoms with Gasteiger partial charge in [0.25, 0.3) is 5.91 Å².